The topological polar surface area (TPSA) is 103 Å². The maximum atomic E-state index is 12.4. The lowest BCUT2D eigenvalue weighted by Crippen LogP contribution is -2.37. The van der Waals surface area contributed by atoms with Gasteiger partial charge in [-0.2, -0.15) is 0 Å². The maximum Gasteiger partial charge on any atom is 0.339 e. The van der Waals surface area contributed by atoms with Gasteiger partial charge in [0.2, 0.25) is 0 Å². The quantitative estimate of drug-likeness (QED) is 0.522. The minimum atomic E-state index is -0.905. The molecule has 1 saturated carbocycles. The van der Waals surface area contributed by atoms with E-state index in [1.165, 1.54) is 32.2 Å². The lowest BCUT2D eigenvalue weighted by atomic mass is 10.2. The fourth-order valence-electron chi connectivity index (χ4n) is 2.62. The number of carbonyl (C=O) groups excluding carboxylic acids is 3. The number of benzene rings is 2. The fraction of sp³-hybridized carbons (Fsp3) is 0.318. The second kappa shape index (κ2) is 10.3. The largest absolute Gasteiger partial charge is 0.493 e. The van der Waals surface area contributed by atoms with Crippen molar-refractivity contribution in [1.29, 1.82) is 0 Å². The number of methoxy groups -OCH3 is 1. The van der Waals surface area contributed by atoms with Crippen LogP contribution in [-0.2, 0) is 14.3 Å². The first-order chi connectivity index (χ1) is 14.9. The van der Waals surface area contributed by atoms with Gasteiger partial charge in [-0.25, -0.2) is 4.79 Å². The Morgan fingerprint density at radius 2 is 1.81 bits per heavy atom. The summed E-state index contributed by atoms with van der Waals surface area (Å²) in [6, 6.07) is 11.8. The molecule has 1 aliphatic carbocycles. The minimum Gasteiger partial charge on any atom is -0.493 e. The van der Waals surface area contributed by atoms with E-state index < -0.39 is 12.1 Å². The molecule has 31 heavy (non-hydrogen) atoms. The number of ether oxygens (including phenoxy) is 3. The molecule has 2 N–H and O–H groups in total. The molecule has 1 atom stereocenters. The van der Waals surface area contributed by atoms with E-state index in [4.69, 9.17) is 14.2 Å². The summed E-state index contributed by atoms with van der Waals surface area (Å²) in [4.78, 5) is 36.4. The van der Waals surface area contributed by atoms with E-state index in [0.717, 1.165) is 17.3 Å². The zero-order valence-electron chi connectivity index (χ0n) is 17.1. The van der Waals surface area contributed by atoms with E-state index in [0.29, 0.717) is 11.4 Å². The van der Waals surface area contributed by atoms with Gasteiger partial charge in [-0.1, -0.05) is 15.9 Å². The highest BCUT2D eigenvalue weighted by atomic mass is 79.9. The zero-order chi connectivity index (χ0) is 22.4. The monoisotopic (exact) mass is 490 g/mol. The molecule has 9 heteroatoms. The Morgan fingerprint density at radius 1 is 1.10 bits per heavy atom. The van der Waals surface area contributed by atoms with Gasteiger partial charge in [0.05, 0.1) is 12.7 Å². The first-order valence-electron chi connectivity index (χ1n) is 9.73. The van der Waals surface area contributed by atoms with Gasteiger partial charge in [0.1, 0.15) is 0 Å². The lowest BCUT2D eigenvalue weighted by Gasteiger charge is -2.15. The molecule has 0 bridgehead atoms. The summed E-state index contributed by atoms with van der Waals surface area (Å²) in [5.41, 5.74) is 0.844. The third kappa shape index (κ3) is 6.71. The zero-order valence-corrected chi connectivity index (χ0v) is 18.7. The van der Waals surface area contributed by atoms with Crippen molar-refractivity contribution in [1.82, 2.24) is 5.32 Å². The molecule has 2 aromatic carbocycles. The number of hydrogen-bond donors (Lipinski definition) is 2. The number of halogens is 1. The van der Waals surface area contributed by atoms with Gasteiger partial charge in [-0.15, -0.1) is 0 Å². The first kappa shape index (κ1) is 22.6. The predicted molar refractivity (Wildman–Crippen MR) is 117 cm³/mol. The van der Waals surface area contributed by atoms with E-state index in [2.05, 4.69) is 26.6 Å². The van der Waals surface area contributed by atoms with Crippen LogP contribution in [0.1, 0.15) is 30.1 Å². The summed E-state index contributed by atoms with van der Waals surface area (Å²) in [7, 11) is 1.42. The van der Waals surface area contributed by atoms with E-state index in [1.807, 2.05) is 12.1 Å². The summed E-state index contributed by atoms with van der Waals surface area (Å²) in [5.74, 6) is -0.760. The van der Waals surface area contributed by atoms with Crippen LogP contribution in [0.2, 0.25) is 0 Å². The lowest BCUT2D eigenvalue weighted by molar-refractivity contribution is -0.129. The van der Waals surface area contributed by atoms with E-state index >= 15 is 0 Å². The Morgan fingerprint density at radius 3 is 2.45 bits per heavy atom. The number of anilines is 1. The molecular weight excluding hydrogens is 468 g/mol. The van der Waals surface area contributed by atoms with Gasteiger partial charge in [0.25, 0.3) is 11.8 Å². The Balaban J connectivity index is 1.55. The molecule has 0 aromatic heterocycles. The fourth-order valence-corrected chi connectivity index (χ4v) is 2.88. The maximum absolute atomic E-state index is 12.4. The van der Waals surface area contributed by atoms with E-state index in [-0.39, 0.29) is 35.8 Å². The summed E-state index contributed by atoms with van der Waals surface area (Å²) in [6.07, 6.45) is 0.996. The SMILES string of the molecule is COc1cc(C(=O)OC(C)C(=O)NC2CC2)ccc1OCC(=O)Nc1ccc(Br)cc1. The van der Waals surface area contributed by atoms with Crippen LogP contribution in [-0.4, -0.2) is 43.6 Å². The first-order valence-corrected chi connectivity index (χ1v) is 10.5. The van der Waals surface area contributed by atoms with Crippen LogP contribution < -0.4 is 20.1 Å². The van der Waals surface area contributed by atoms with Gasteiger partial charge >= 0.3 is 5.97 Å². The van der Waals surface area contributed by atoms with Crippen LogP contribution >= 0.6 is 15.9 Å². The molecule has 2 aromatic rings. The molecule has 164 valence electrons. The third-order valence-corrected chi connectivity index (χ3v) is 4.99. The molecule has 3 rings (SSSR count). The predicted octanol–water partition coefficient (Wildman–Crippen LogP) is 3.30. The van der Waals surface area contributed by atoms with Crippen molar-refractivity contribution in [2.75, 3.05) is 19.0 Å². The summed E-state index contributed by atoms with van der Waals surface area (Å²) in [6.45, 7) is 1.28. The molecule has 0 heterocycles. The van der Waals surface area contributed by atoms with Crippen LogP contribution in [0.3, 0.4) is 0 Å². The van der Waals surface area contributed by atoms with Crippen LogP contribution in [0.15, 0.2) is 46.9 Å². The molecule has 1 unspecified atom stereocenters. The summed E-state index contributed by atoms with van der Waals surface area (Å²) >= 11 is 3.33. The molecule has 0 spiro atoms. The van der Waals surface area contributed by atoms with Gasteiger partial charge in [-0.3, -0.25) is 9.59 Å². The van der Waals surface area contributed by atoms with Gasteiger partial charge in [0.15, 0.2) is 24.2 Å². The van der Waals surface area contributed by atoms with E-state index in [1.54, 1.807) is 12.1 Å². The van der Waals surface area contributed by atoms with Gasteiger partial charge in [-0.05, 0) is 62.2 Å². The number of esters is 1. The number of hydrogen-bond acceptors (Lipinski definition) is 6. The Labute approximate surface area is 188 Å². The highest BCUT2D eigenvalue weighted by Gasteiger charge is 2.27. The Hall–Kier alpha value is -3.07. The number of amides is 2. The molecular formula is C22H23BrN2O6. The van der Waals surface area contributed by atoms with Crippen LogP contribution in [0.5, 0.6) is 11.5 Å². The highest BCUT2D eigenvalue weighted by molar-refractivity contribution is 9.10. The molecule has 0 saturated heterocycles. The van der Waals surface area contributed by atoms with Crippen molar-refractivity contribution in [2.24, 2.45) is 0 Å². The molecule has 0 aliphatic heterocycles. The van der Waals surface area contributed by atoms with Crippen molar-refractivity contribution >= 4 is 39.4 Å². The highest BCUT2D eigenvalue weighted by Crippen LogP contribution is 2.28. The van der Waals surface area contributed by atoms with Crippen LogP contribution in [0.25, 0.3) is 0 Å². The molecule has 1 fully saturated rings. The summed E-state index contributed by atoms with van der Waals surface area (Å²) < 4.78 is 16.9. The molecule has 2 amide bonds. The number of rotatable bonds is 9. The second-order valence-electron chi connectivity index (χ2n) is 7.04. The van der Waals surface area contributed by atoms with Crippen molar-refractivity contribution in [3.8, 4) is 11.5 Å². The average molecular weight is 491 g/mol. The molecule has 1 aliphatic rings. The number of nitrogens with one attached hydrogen (secondary N) is 2. The van der Waals surface area contributed by atoms with E-state index in [9.17, 15) is 14.4 Å². The van der Waals surface area contributed by atoms with Crippen LogP contribution in [0, 0.1) is 0 Å². The van der Waals surface area contributed by atoms with Crippen molar-refractivity contribution in [3.05, 3.63) is 52.5 Å². The molecule has 8 nitrogen and oxygen atoms in total. The summed E-state index contributed by atoms with van der Waals surface area (Å²) in [5, 5.41) is 5.51. The van der Waals surface area contributed by atoms with Gasteiger partial charge in [0, 0.05) is 16.2 Å². The second-order valence-corrected chi connectivity index (χ2v) is 7.96. The Bertz CT molecular complexity index is 959. The number of carbonyl (C=O) groups is 3. The molecule has 0 radical (unpaired) electrons. The van der Waals surface area contributed by atoms with Crippen molar-refractivity contribution < 1.29 is 28.6 Å². The van der Waals surface area contributed by atoms with Gasteiger partial charge < -0.3 is 24.8 Å². The smallest absolute Gasteiger partial charge is 0.339 e. The Kier molecular flexibility index (Phi) is 7.51. The normalized spacial score (nSPS) is 13.6. The minimum absolute atomic E-state index is 0.186. The standard InChI is InChI=1S/C22H23BrN2O6/c1-13(21(27)25-17-8-9-17)31-22(28)14-3-10-18(19(11-14)29-2)30-12-20(26)24-16-6-4-15(23)5-7-16/h3-7,10-11,13,17H,8-9,12H2,1-2H3,(H,24,26)(H,25,27). The van der Waals surface area contributed by atoms with Crippen molar-refractivity contribution in [2.45, 2.75) is 31.9 Å². The third-order valence-electron chi connectivity index (χ3n) is 4.46. The average Bonchev–Trinajstić information content (AvgIpc) is 3.57. The van der Waals surface area contributed by atoms with Crippen molar-refractivity contribution in [3.63, 3.8) is 0 Å². The van der Waals surface area contributed by atoms with Crippen LogP contribution in [0.4, 0.5) is 5.69 Å².